The Morgan fingerprint density at radius 3 is 2.74 bits per heavy atom. The molecule has 0 radical (unpaired) electrons. The zero-order chi connectivity index (χ0) is 20.0. The predicted molar refractivity (Wildman–Crippen MR) is 96.6 cm³/mol. The zero-order valence-electron chi connectivity index (χ0n) is 14.8. The molecule has 2 rings (SSSR count). The van der Waals surface area contributed by atoms with Crippen LogP contribution in [0, 0.1) is 0 Å². The van der Waals surface area contributed by atoms with Crippen molar-refractivity contribution in [3.63, 3.8) is 0 Å². The number of alkyl halides is 3. The Bertz CT molecular complexity index is 808. The Labute approximate surface area is 158 Å². The van der Waals surface area contributed by atoms with Gasteiger partial charge in [-0.2, -0.15) is 13.2 Å². The van der Waals surface area contributed by atoms with Gasteiger partial charge in [0.15, 0.2) is 11.0 Å². The molecule has 1 N–H and O–H groups in total. The maximum absolute atomic E-state index is 12.3. The lowest BCUT2D eigenvalue weighted by Crippen LogP contribution is -2.38. The lowest BCUT2D eigenvalue weighted by Gasteiger charge is -2.14. The predicted octanol–water partition coefficient (Wildman–Crippen LogP) is 3.30. The highest BCUT2D eigenvalue weighted by Gasteiger charge is 2.29. The number of allylic oxidation sites excluding steroid dienone is 1. The summed E-state index contributed by atoms with van der Waals surface area (Å²) >= 11 is 1.02. The third kappa shape index (κ3) is 5.49. The van der Waals surface area contributed by atoms with Crippen LogP contribution in [0.25, 0.3) is 11.4 Å². The summed E-state index contributed by atoms with van der Waals surface area (Å²) in [4.78, 5) is 11.9. The van der Waals surface area contributed by atoms with Gasteiger partial charge in [0.2, 0.25) is 5.91 Å². The van der Waals surface area contributed by atoms with Gasteiger partial charge >= 0.3 is 6.18 Å². The first-order valence-corrected chi connectivity index (χ1v) is 8.83. The number of nitrogens with zero attached hydrogens (tertiary/aromatic N) is 3. The van der Waals surface area contributed by atoms with Crippen molar-refractivity contribution in [2.75, 3.05) is 13.7 Å². The van der Waals surface area contributed by atoms with E-state index < -0.39 is 23.9 Å². The molecule has 1 aromatic heterocycles. The van der Waals surface area contributed by atoms with Crippen molar-refractivity contribution >= 4 is 17.7 Å². The summed E-state index contributed by atoms with van der Waals surface area (Å²) in [5.41, 5.74) is 0.704. The first kappa shape index (κ1) is 20.8. The largest absolute Gasteiger partial charge is 0.496 e. The lowest BCUT2D eigenvalue weighted by molar-refractivity contribution is -0.137. The van der Waals surface area contributed by atoms with E-state index in [1.807, 2.05) is 23.5 Å². The van der Waals surface area contributed by atoms with Gasteiger partial charge in [0.1, 0.15) is 12.3 Å². The van der Waals surface area contributed by atoms with Crippen LogP contribution in [-0.4, -0.2) is 45.8 Å². The van der Waals surface area contributed by atoms with Gasteiger partial charge in [0.25, 0.3) is 0 Å². The van der Waals surface area contributed by atoms with Crippen molar-refractivity contribution in [2.24, 2.45) is 0 Å². The van der Waals surface area contributed by atoms with Crippen molar-refractivity contribution in [1.82, 2.24) is 20.1 Å². The lowest BCUT2D eigenvalue weighted by atomic mass is 10.2. The Hall–Kier alpha value is -2.49. The minimum Gasteiger partial charge on any atom is -0.496 e. The smallest absolute Gasteiger partial charge is 0.405 e. The fourth-order valence-corrected chi connectivity index (χ4v) is 3.12. The number of halogens is 3. The number of methoxy groups -OCH3 is 1. The summed E-state index contributed by atoms with van der Waals surface area (Å²) in [5, 5.41) is 9.73. The summed E-state index contributed by atoms with van der Waals surface area (Å²) in [6.45, 7) is 4.20. The molecule has 1 amide bonds. The molecule has 27 heavy (non-hydrogen) atoms. The van der Waals surface area contributed by atoms with Crippen LogP contribution < -0.4 is 10.1 Å². The van der Waals surface area contributed by atoms with Gasteiger partial charge in [0, 0.05) is 6.54 Å². The number of ether oxygens (including phenoxy) is 1. The Morgan fingerprint density at radius 2 is 2.11 bits per heavy atom. The normalized spacial score (nSPS) is 12.5. The Morgan fingerprint density at radius 1 is 1.41 bits per heavy atom. The van der Waals surface area contributed by atoms with Gasteiger partial charge in [-0.05, 0) is 19.1 Å². The average Bonchev–Trinajstić information content (AvgIpc) is 3.01. The number of hydrogen-bond donors (Lipinski definition) is 1. The number of thioether (sulfide) groups is 1. The number of carbonyl (C=O) groups is 1. The molecule has 6 nitrogen and oxygen atoms in total. The summed E-state index contributed by atoms with van der Waals surface area (Å²) in [6.07, 6.45) is -2.82. The zero-order valence-corrected chi connectivity index (χ0v) is 15.6. The quantitative estimate of drug-likeness (QED) is 0.544. The monoisotopic (exact) mass is 400 g/mol. The SMILES string of the molecule is C=CCn1c(SC(C)C(=O)NCC(F)(F)F)nnc1-c1ccccc1OC. The van der Waals surface area contributed by atoms with Gasteiger partial charge < -0.3 is 10.1 Å². The van der Waals surface area contributed by atoms with E-state index in [4.69, 9.17) is 4.74 Å². The molecule has 2 aromatic rings. The molecule has 1 unspecified atom stereocenters. The maximum atomic E-state index is 12.3. The topological polar surface area (TPSA) is 69.0 Å². The van der Waals surface area contributed by atoms with Crippen molar-refractivity contribution in [1.29, 1.82) is 0 Å². The molecule has 1 aromatic carbocycles. The number of nitrogens with one attached hydrogen (secondary N) is 1. The molecule has 1 heterocycles. The van der Waals surface area contributed by atoms with E-state index in [2.05, 4.69) is 16.8 Å². The van der Waals surface area contributed by atoms with Crippen LogP contribution in [0.2, 0.25) is 0 Å². The maximum Gasteiger partial charge on any atom is 0.405 e. The molecule has 0 aliphatic rings. The van der Waals surface area contributed by atoms with Crippen molar-refractivity contribution in [2.45, 2.75) is 30.1 Å². The minimum absolute atomic E-state index is 0.361. The van der Waals surface area contributed by atoms with Crippen molar-refractivity contribution in [3.05, 3.63) is 36.9 Å². The third-order valence-electron chi connectivity index (χ3n) is 3.49. The number of para-hydroxylation sites is 1. The van der Waals surface area contributed by atoms with E-state index in [0.717, 1.165) is 11.8 Å². The van der Waals surface area contributed by atoms with Crippen LogP contribution in [-0.2, 0) is 11.3 Å². The third-order valence-corrected chi connectivity index (χ3v) is 4.57. The first-order chi connectivity index (χ1) is 12.8. The molecule has 0 fully saturated rings. The molecule has 0 bridgehead atoms. The van der Waals surface area contributed by atoms with Crippen LogP contribution >= 0.6 is 11.8 Å². The van der Waals surface area contributed by atoms with Crippen LogP contribution in [0.15, 0.2) is 42.1 Å². The van der Waals surface area contributed by atoms with E-state index in [1.165, 1.54) is 14.0 Å². The van der Waals surface area contributed by atoms with Gasteiger partial charge in [0.05, 0.1) is 17.9 Å². The van der Waals surface area contributed by atoms with Crippen molar-refractivity contribution < 1.29 is 22.7 Å². The molecule has 0 spiro atoms. The number of rotatable bonds is 8. The van der Waals surface area contributed by atoms with Gasteiger partial charge in [-0.25, -0.2) is 0 Å². The molecule has 1 atom stereocenters. The van der Waals surface area contributed by atoms with Gasteiger partial charge in [-0.15, -0.1) is 16.8 Å². The number of benzene rings is 1. The van der Waals surface area contributed by atoms with Crippen molar-refractivity contribution in [3.8, 4) is 17.1 Å². The second-order valence-corrected chi connectivity index (χ2v) is 6.81. The molecule has 0 saturated carbocycles. The molecule has 146 valence electrons. The molecule has 0 aliphatic carbocycles. The Balaban J connectivity index is 2.24. The highest BCUT2D eigenvalue weighted by molar-refractivity contribution is 8.00. The summed E-state index contributed by atoms with van der Waals surface area (Å²) in [6, 6.07) is 7.24. The van der Waals surface area contributed by atoms with Gasteiger partial charge in [-0.3, -0.25) is 9.36 Å². The fraction of sp³-hybridized carbons (Fsp3) is 0.353. The van der Waals surface area contributed by atoms with E-state index in [9.17, 15) is 18.0 Å². The average molecular weight is 400 g/mol. The number of amides is 1. The second-order valence-electron chi connectivity index (χ2n) is 5.50. The first-order valence-electron chi connectivity index (χ1n) is 7.95. The summed E-state index contributed by atoms with van der Waals surface area (Å²) in [5.74, 6) is 0.379. The highest BCUT2D eigenvalue weighted by Crippen LogP contribution is 2.32. The van der Waals surface area contributed by atoms with Gasteiger partial charge in [-0.1, -0.05) is 30.0 Å². The number of aromatic nitrogens is 3. The molecule has 10 heteroatoms. The van der Waals surface area contributed by atoms with E-state index >= 15 is 0 Å². The molecular weight excluding hydrogens is 381 g/mol. The number of carbonyl (C=O) groups excluding carboxylic acids is 1. The van der Waals surface area contributed by atoms with E-state index in [-0.39, 0.29) is 0 Å². The van der Waals surface area contributed by atoms with Crippen LogP contribution in [0.5, 0.6) is 5.75 Å². The minimum atomic E-state index is -4.46. The summed E-state index contributed by atoms with van der Waals surface area (Å²) < 4.78 is 43.9. The molecular formula is C17H19F3N4O2S. The van der Waals surface area contributed by atoms with Crippen LogP contribution in [0.1, 0.15) is 6.92 Å². The van der Waals surface area contributed by atoms with Crippen LogP contribution in [0.4, 0.5) is 13.2 Å². The second kappa shape index (κ2) is 8.94. The highest BCUT2D eigenvalue weighted by atomic mass is 32.2. The summed E-state index contributed by atoms with van der Waals surface area (Å²) in [7, 11) is 1.54. The number of hydrogen-bond acceptors (Lipinski definition) is 5. The molecule has 0 aliphatic heterocycles. The fourth-order valence-electron chi connectivity index (χ4n) is 2.24. The Kier molecular flexibility index (Phi) is 6.89. The van der Waals surface area contributed by atoms with Crippen LogP contribution in [0.3, 0.4) is 0 Å². The molecule has 0 saturated heterocycles. The van der Waals surface area contributed by atoms with E-state index in [0.29, 0.717) is 28.8 Å². The van der Waals surface area contributed by atoms with E-state index in [1.54, 1.807) is 16.7 Å². The standard InChI is InChI=1S/C17H19F3N4O2S/c1-4-9-24-14(12-7-5-6-8-13(12)26-3)22-23-16(24)27-11(2)15(25)21-10-17(18,19)20/h4-8,11H,1,9-10H2,2-3H3,(H,21,25).